The van der Waals surface area contributed by atoms with E-state index < -0.39 is 5.97 Å². The van der Waals surface area contributed by atoms with Crippen molar-refractivity contribution in [2.75, 3.05) is 72.3 Å². The minimum absolute atomic E-state index is 0.0305. The zero-order valence-electron chi connectivity index (χ0n) is 60.2. The number of carbonyl (C=O) groups excluding carboxylic acids is 6. The third-order valence-corrected chi connectivity index (χ3v) is 18.6. The summed E-state index contributed by atoms with van der Waals surface area (Å²) in [6, 6.07) is 9.85. The Morgan fingerprint density at radius 2 is 0.808 bits per heavy atom. The summed E-state index contributed by atoms with van der Waals surface area (Å²) in [5.41, 5.74) is 11.5. The number of nitrogens with zero attached hydrogens (tertiary/aromatic N) is 6. The second-order valence-corrected chi connectivity index (χ2v) is 27.5. The average molecular weight is 1380 g/mol. The highest BCUT2D eigenvalue weighted by molar-refractivity contribution is 6.33. The van der Waals surface area contributed by atoms with Gasteiger partial charge in [-0.25, -0.2) is 14.4 Å². The first-order valence-electron chi connectivity index (χ1n) is 35.6. The summed E-state index contributed by atoms with van der Waals surface area (Å²) in [5, 5.41) is 13.4. The largest absolute Gasteiger partial charge is 0.459 e. The summed E-state index contributed by atoms with van der Waals surface area (Å²) in [7, 11) is 0. The van der Waals surface area contributed by atoms with E-state index in [1.54, 1.807) is 0 Å². The van der Waals surface area contributed by atoms with Crippen LogP contribution in [0, 0.1) is 59.3 Å². The number of aryl methyl sites for hydroxylation is 6. The normalized spacial score (nSPS) is 23.1. The molecule has 534 valence electrons. The van der Waals surface area contributed by atoms with Gasteiger partial charge in [-0.1, -0.05) is 144 Å². The number of piperidine rings is 3. The Balaban J connectivity index is 0.000000209. The van der Waals surface area contributed by atoms with Gasteiger partial charge in [0.15, 0.2) is 19.8 Å². The van der Waals surface area contributed by atoms with Gasteiger partial charge in [-0.15, -0.1) is 0 Å². The van der Waals surface area contributed by atoms with Crippen molar-refractivity contribution in [3.63, 3.8) is 0 Å². The van der Waals surface area contributed by atoms with Crippen LogP contribution >= 0.6 is 11.6 Å². The average Bonchev–Trinajstić information content (AvgIpc) is 0.915. The van der Waals surface area contributed by atoms with Gasteiger partial charge >= 0.3 is 17.9 Å². The fourth-order valence-electron chi connectivity index (χ4n) is 12.9. The van der Waals surface area contributed by atoms with Gasteiger partial charge in [-0.05, 0) is 200 Å². The smallest absolute Gasteiger partial charge is 0.339 e. The predicted molar refractivity (Wildman–Crippen MR) is 392 cm³/mol. The highest BCUT2D eigenvalue weighted by atomic mass is 35.5. The molecule has 99 heavy (non-hydrogen) atoms. The molecule has 3 amide bonds. The highest BCUT2D eigenvalue weighted by Gasteiger charge is 2.26. The molecule has 19 heteroatoms. The molecule has 6 aliphatic rings. The Morgan fingerprint density at radius 3 is 1.20 bits per heavy atom. The molecule has 3 unspecified atom stereocenters. The number of amides is 3. The van der Waals surface area contributed by atoms with E-state index in [1.807, 2.05) is 142 Å². The lowest BCUT2D eigenvalue weighted by Crippen LogP contribution is -2.37. The number of benzene rings is 3. The Bertz CT molecular complexity index is 3410. The second kappa shape index (κ2) is 40.6. The molecule has 3 aromatic carbocycles. The van der Waals surface area contributed by atoms with E-state index in [0.29, 0.717) is 87.8 Å². The number of cyclic esters (lactones) is 3. The molecule has 4 atom stereocenters. The lowest BCUT2D eigenvalue weighted by molar-refractivity contribution is -0.137. The number of oxime groups is 3. The van der Waals surface area contributed by atoms with Crippen molar-refractivity contribution < 1.29 is 57.5 Å². The number of likely N-dealkylation sites (tertiary alicyclic amines) is 3. The number of carbonyl (C=O) groups is 6. The number of hydrogen-bond donors (Lipinski definition) is 0. The first-order chi connectivity index (χ1) is 47.6. The number of halogens is 1. The fraction of sp³-hybridized carbons (Fsp3) is 0.512. The Morgan fingerprint density at radius 1 is 0.444 bits per heavy atom. The lowest BCUT2D eigenvalue weighted by Gasteiger charge is -2.26. The van der Waals surface area contributed by atoms with Crippen molar-refractivity contribution in [3.8, 4) is 0 Å². The maximum absolute atomic E-state index is 13.2. The number of rotatable bonds is 9. The molecule has 3 saturated heterocycles. The van der Waals surface area contributed by atoms with E-state index in [-0.39, 0.29) is 68.8 Å². The van der Waals surface area contributed by atoms with Crippen LogP contribution in [0.3, 0.4) is 0 Å². The molecule has 0 aromatic heterocycles. The maximum Gasteiger partial charge on any atom is 0.339 e. The monoisotopic (exact) mass is 1380 g/mol. The van der Waals surface area contributed by atoms with Crippen LogP contribution in [0.15, 0.2) is 119 Å². The van der Waals surface area contributed by atoms with Gasteiger partial charge in [0.25, 0.3) is 17.7 Å². The summed E-state index contributed by atoms with van der Waals surface area (Å²) >= 11 is 6.71. The van der Waals surface area contributed by atoms with Gasteiger partial charge in [0.05, 0.1) is 33.8 Å². The number of allylic oxidation sites excluding steroid dienone is 9. The molecule has 6 heterocycles. The zero-order chi connectivity index (χ0) is 71.2. The Hall–Kier alpha value is -8.38. The van der Waals surface area contributed by atoms with Crippen molar-refractivity contribution in [2.24, 2.45) is 33.2 Å². The Labute approximate surface area is 592 Å². The fourth-order valence-corrected chi connectivity index (χ4v) is 13.1. The van der Waals surface area contributed by atoms with Crippen LogP contribution in [0.4, 0.5) is 0 Å². The van der Waals surface area contributed by atoms with E-state index in [2.05, 4.69) is 60.5 Å². The van der Waals surface area contributed by atoms with E-state index in [4.69, 9.17) is 40.3 Å². The van der Waals surface area contributed by atoms with Crippen molar-refractivity contribution in [1.82, 2.24) is 14.7 Å². The van der Waals surface area contributed by atoms with E-state index >= 15 is 0 Å². The zero-order valence-corrected chi connectivity index (χ0v) is 60.9. The number of fused-ring (bicyclic) bond motifs is 3. The molecule has 3 aromatic rings. The van der Waals surface area contributed by atoms with Crippen LogP contribution in [-0.4, -0.2) is 146 Å². The summed E-state index contributed by atoms with van der Waals surface area (Å²) in [6.45, 7) is 24.8. The van der Waals surface area contributed by atoms with Crippen molar-refractivity contribution in [3.05, 3.63) is 175 Å². The maximum atomic E-state index is 13.2. The van der Waals surface area contributed by atoms with E-state index in [9.17, 15) is 28.8 Å². The molecule has 0 radical (unpaired) electrons. The highest BCUT2D eigenvalue weighted by Crippen LogP contribution is 2.31. The van der Waals surface area contributed by atoms with Crippen LogP contribution in [-0.2, 0) is 62.4 Å². The lowest BCUT2D eigenvalue weighted by atomic mass is 9.94. The topological polar surface area (TPSA) is 205 Å². The van der Waals surface area contributed by atoms with Crippen molar-refractivity contribution in [1.29, 1.82) is 0 Å². The first kappa shape index (κ1) is 78.0. The third kappa shape index (κ3) is 25.7. The third-order valence-electron chi connectivity index (χ3n) is 18.1. The van der Waals surface area contributed by atoms with Gasteiger partial charge in [0.1, 0.15) is 19.3 Å². The minimum atomic E-state index is -0.394. The molecule has 6 aliphatic heterocycles. The van der Waals surface area contributed by atoms with E-state index in [0.717, 1.165) is 148 Å². The van der Waals surface area contributed by atoms with Crippen molar-refractivity contribution >= 4 is 64.4 Å². The quantitative estimate of drug-likeness (QED) is 0.0849. The van der Waals surface area contributed by atoms with Crippen molar-refractivity contribution in [2.45, 2.75) is 178 Å². The number of ether oxygens (including phenoxy) is 3. The molecular formula is C80H105ClN6O12. The second-order valence-electron chi connectivity index (χ2n) is 27.1. The molecule has 3 fully saturated rings. The van der Waals surface area contributed by atoms with Crippen LogP contribution in [0.2, 0.25) is 5.02 Å². The predicted octanol–water partition coefficient (Wildman–Crippen LogP) is 15.1. The number of hydrogen-bond acceptors (Lipinski definition) is 15. The molecule has 0 bridgehead atoms. The molecule has 0 spiro atoms. The Kier molecular flexibility index (Phi) is 32.0. The standard InChI is InChI=1S/C28H37ClN2O4.2C26H34N2O4/c1-19-10-8-12-22(4)35-28(33)26-20(2)16-21(3)27(29)24(26)17-23(13-9-11-19)30-34-18-25(32)31-14-6-5-7-15-31;2*1-19-9-7-11-23(27-32-18-24(29)28-12-5-4-6-13-28)17-22-16-20(2)15-21(3)25(22)26(30)31-14-8-10-19/h8-10,13,16,19,22H,5-7,11-12,14-15,17-18H2,1-4H3;2*7-8,10-11,15-16,19H,4-6,9,12-14,17-18H2,1-3H3/b10-8+,13-9+,30-23+;10-8?,11-7+,27-23+;10-8?,11-7+,27-23-/t19?,22-;;/m1../s1. The van der Waals surface area contributed by atoms with Crippen LogP contribution in [0.1, 0.15) is 192 Å². The summed E-state index contributed by atoms with van der Waals surface area (Å²) < 4.78 is 16.8. The summed E-state index contributed by atoms with van der Waals surface area (Å²) in [6.07, 6.45) is 37.7. The van der Waals surface area contributed by atoms with Gasteiger partial charge in [-0.2, -0.15) is 0 Å². The van der Waals surface area contributed by atoms with Crippen LogP contribution in [0.5, 0.6) is 0 Å². The summed E-state index contributed by atoms with van der Waals surface area (Å²) in [4.78, 5) is 98.1. The molecule has 0 saturated carbocycles. The molecular weight excluding hydrogens is 1270 g/mol. The van der Waals surface area contributed by atoms with Crippen LogP contribution in [0.25, 0.3) is 0 Å². The molecule has 9 rings (SSSR count). The minimum Gasteiger partial charge on any atom is -0.459 e. The molecule has 18 nitrogen and oxygen atoms in total. The van der Waals surface area contributed by atoms with Gasteiger partial charge in [0, 0.05) is 70.0 Å². The van der Waals surface area contributed by atoms with Gasteiger partial charge < -0.3 is 43.4 Å². The SMILES string of the molecule is Cc1cc(C)c2c(c1)CC(=N/OCC(=O)N1CCCCC1)/C=C/CC(C)C=CCOC2=O.Cc1cc(C)c2c(c1)CC(=N\OCC(=O)N1CCCCC1)/C=C/CC(C)C=CCOC2=O.Cc1cc(C)c2c(c1Cl)CC(=N/OCC(=O)N1CCCCC1)/C=C/CC(C)/C=C/C[C@@H](C)OC2=O. The molecule has 0 aliphatic carbocycles. The van der Waals surface area contributed by atoms with E-state index in [1.165, 1.54) is 12.8 Å². The first-order valence-corrected chi connectivity index (χ1v) is 35.9. The van der Waals surface area contributed by atoms with Crippen LogP contribution < -0.4 is 0 Å². The number of esters is 3. The molecule has 0 N–H and O–H groups in total. The summed E-state index contributed by atoms with van der Waals surface area (Å²) in [5.74, 6) is -0.248. The van der Waals surface area contributed by atoms with Gasteiger partial charge in [0.2, 0.25) is 0 Å². The van der Waals surface area contributed by atoms with Gasteiger partial charge in [-0.3, -0.25) is 14.4 Å².